The minimum Gasteiger partial charge on any atom is -0.431 e. The van der Waals surface area contributed by atoms with E-state index in [9.17, 15) is 23.6 Å². The molecule has 264 valence electrons. The van der Waals surface area contributed by atoms with E-state index in [0.717, 1.165) is 44.9 Å². The summed E-state index contributed by atoms with van der Waals surface area (Å²) < 4.78 is 28.0. The van der Waals surface area contributed by atoms with E-state index in [0.29, 0.717) is 48.3 Å². The molecule has 1 saturated heterocycles. The highest BCUT2D eigenvalue weighted by molar-refractivity contribution is 6.01. The number of rotatable bonds is 11. The van der Waals surface area contributed by atoms with Crippen LogP contribution in [0.5, 0.6) is 0 Å². The Balaban J connectivity index is 1.26. The Morgan fingerprint density at radius 3 is 2.38 bits per heavy atom. The van der Waals surface area contributed by atoms with Crippen molar-refractivity contribution in [3.63, 3.8) is 0 Å². The SMILES string of the molecule is CC(C)OC(=O)OC(C)OC(=O)c1cc2cc(NC(=O)[C@@H]3[C@H](C4CCCCC4)CCN3C(=O)[C@H]3CC[C@H]([C@H](N)CCF)CC3)ccc2[nH]1. The lowest BCUT2D eigenvalue weighted by Gasteiger charge is -2.37. The van der Waals surface area contributed by atoms with Crippen LogP contribution in [0.1, 0.15) is 102 Å². The highest BCUT2D eigenvalue weighted by atomic mass is 19.1. The summed E-state index contributed by atoms with van der Waals surface area (Å²) in [5.41, 5.74) is 7.58. The zero-order valence-electron chi connectivity index (χ0n) is 28.4. The van der Waals surface area contributed by atoms with Gasteiger partial charge in [0.1, 0.15) is 11.7 Å². The van der Waals surface area contributed by atoms with Gasteiger partial charge in [0.25, 0.3) is 0 Å². The normalized spacial score (nSPS) is 24.7. The van der Waals surface area contributed by atoms with Gasteiger partial charge in [-0.15, -0.1) is 0 Å². The van der Waals surface area contributed by atoms with Gasteiger partial charge in [0.05, 0.1) is 12.8 Å². The maximum atomic E-state index is 14.1. The lowest BCUT2D eigenvalue weighted by molar-refractivity contribution is -0.142. The van der Waals surface area contributed by atoms with Crippen molar-refractivity contribution in [3.05, 3.63) is 30.0 Å². The maximum Gasteiger partial charge on any atom is 0.511 e. The van der Waals surface area contributed by atoms with Crippen LogP contribution < -0.4 is 11.1 Å². The molecule has 0 radical (unpaired) electrons. The first kappa shape index (κ1) is 35.6. The number of hydrogen-bond acceptors (Lipinski definition) is 8. The second kappa shape index (κ2) is 16.2. The number of nitrogens with two attached hydrogens (primary N) is 1. The van der Waals surface area contributed by atoms with Gasteiger partial charge < -0.3 is 35.1 Å². The number of esters is 1. The number of H-pyrrole nitrogens is 1. The molecule has 3 fully saturated rings. The number of likely N-dealkylation sites (tertiary alicyclic amines) is 1. The summed E-state index contributed by atoms with van der Waals surface area (Å²) in [5.74, 6) is -0.273. The van der Waals surface area contributed by atoms with Crippen molar-refractivity contribution in [3.8, 4) is 0 Å². The van der Waals surface area contributed by atoms with Crippen molar-refractivity contribution in [2.45, 2.75) is 116 Å². The quantitative estimate of drug-likeness (QED) is 0.182. The summed E-state index contributed by atoms with van der Waals surface area (Å²) in [6.45, 7) is 4.92. The fourth-order valence-electron chi connectivity index (χ4n) is 7.98. The molecule has 12 heteroatoms. The molecule has 0 bridgehead atoms. The first-order valence-corrected chi connectivity index (χ1v) is 17.7. The third-order valence-electron chi connectivity index (χ3n) is 10.4. The van der Waals surface area contributed by atoms with Crippen LogP contribution in [0.3, 0.4) is 0 Å². The van der Waals surface area contributed by atoms with Crippen molar-refractivity contribution < 1.29 is 37.8 Å². The Hall–Kier alpha value is -3.67. The molecular formula is C36H51FN4O7. The summed E-state index contributed by atoms with van der Waals surface area (Å²) in [5, 5.41) is 3.77. The van der Waals surface area contributed by atoms with Gasteiger partial charge in [0.2, 0.25) is 18.1 Å². The van der Waals surface area contributed by atoms with E-state index in [1.807, 2.05) is 4.90 Å². The second-order valence-corrected chi connectivity index (χ2v) is 14.1. The van der Waals surface area contributed by atoms with Crippen LogP contribution in [0.25, 0.3) is 10.9 Å². The molecule has 1 aliphatic heterocycles. The molecule has 48 heavy (non-hydrogen) atoms. The van der Waals surface area contributed by atoms with Crippen molar-refractivity contribution in [1.29, 1.82) is 0 Å². The predicted molar refractivity (Wildman–Crippen MR) is 179 cm³/mol. The van der Waals surface area contributed by atoms with E-state index < -0.39 is 31.1 Å². The van der Waals surface area contributed by atoms with E-state index >= 15 is 0 Å². The molecule has 2 aromatic rings. The molecular weight excluding hydrogens is 619 g/mol. The number of amides is 2. The number of alkyl halides is 1. The molecule has 11 nitrogen and oxygen atoms in total. The third kappa shape index (κ3) is 8.67. The predicted octanol–water partition coefficient (Wildman–Crippen LogP) is 6.46. The maximum absolute atomic E-state index is 14.1. The number of ether oxygens (including phenoxy) is 3. The molecule has 1 unspecified atom stereocenters. The fourth-order valence-corrected chi connectivity index (χ4v) is 7.98. The highest BCUT2D eigenvalue weighted by Crippen LogP contribution is 2.41. The number of nitrogens with zero attached hydrogens (tertiary/aromatic N) is 1. The van der Waals surface area contributed by atoms with Gasteiger partial charge in [-0.25, -0.2) is 9.59 Å². The Kier molecular flexibility index (Phi) is 12.0. The Labute approximate surface area is 281 Å². The third-order valence-corrected chi connectivity index (χ3v) is 10.4. The van der Waals surface area contributed by atoms with Crippen LogP contribution in [-0.2, 0) is 23.8 Å². The van der Waals surface area contributed by atoms with E-state index in [4.69, 9.17) is 19.9 Å². The number of aromatic amines is 1. The topological polar surface area (TPSA) is 153 Å². The van der Waals surface area contributed by atoms with Gasteiger partial charge in [-0.2, -0.15) is 0 Å². The number of carbonyl (C=O) groups excluding carboxylic acids is 4. The van der Waals surface area contributed by atoms with Gasteiger partial charge >= 0.3 is 12.1 Å². The van der Waals surface area contributed by atoms with E-state index in [2.05, 4.69) is 10.3 Å². The molecule has 4 atom stereocenters. The minimum absolute atomic E-state index is 0.0471. The number of benzene rings is 1. The molecule has 3 aliphatic rings. The molecule has 2 amide bonds. The highest BCUT2D eigenvalue weighted by Gasteiger charge is 2.47. The summed E-state index contributed by atoms with van der Waals surface area (Å²) in [4.78, 5) is 57.4. The van der Waals surface area contributed by atoms with Crippen molar-refractivity contribution in [2.75, 3.05) is 18.5 Å². The Bertz CT molecular complexity index is 1430. The minimum atomic E-state index is -1.16. The molecule has 5 rings (SSSR count). The molecule has 2 heterocycles. The summed E-state index contributed by atoms with van der Waals surface area (Å²) in [7, 11) is 0. The van der Waals surface area contributed by atoms with E-state index in [1.54, 1.807) is 38.1 Å². The molecule has 0 spiro atoms. The number of fused-ring (bicyclic) bond motifs is 1. The summed E-state index contributed by atoms with van der Waals surface area (Å²) in [6.07, 6.45) is 7.38. The number of aromatic nitrogens is 1. The van der Waals surface area contributed by atoms with Gasteiger partial charge in [-0.05, 0) is 94.4 Å². The molecule has 1 aromatic carbocycles. The number of nitrogens with one attached hydrogen (secondary N) is 2. The second-order valence-electron chi connectivity index (χ2n) is 14.1. The lowest BCUT2D eigenvalue weighted by atomic mass is 9.76. The van der Waals surface area contributed by atoms with Gasteiger partial charge in [-0.3, -0.25) is 14.0 Å². The first-order chi connectivity index (χ1) is 23.0. The number of anilines is 1. The smallest absolute Gasteiger partial charge is 0.431 e. The zero-order chi connectivity index (χ0) is 34.4. The van der Waals surface area contributed by atoms with Crippen molar-refractivity contribution in [1.82, 2.24) is 9.88 Å². The largest absolute Gasteiger partial charge is 0.511 e. The first-order valence-electron chi connectivity index (χ1n) is 17.7. The summed E-state index contributed by atoms with van der Waals surface area (Å²) in [6, 6.07) is 6.19. The molecule has 2 saturated carbocycles. The van der Waals surface area contributed by atoms with Gasteiger partial charge in [0, 0.05) is 42.0 Å². The number of carbonyl (C=O) groups is 4. The average molecular weight is 671 g/mol. The van der Waals surface area contributed by atoms with Gasteiger partial charge in [-0.1, -0.05) is 32.1 Å². The zero-order valence-corrected chi connectivity index (χ0v) is 28.4. The van der Waals surface area contributed by atoms with Crippen molar-refractivity contribution in [2.24, 2.45) is 29.4 Å². The monoisotopic (exact) mass is 670 g/mol. The van der Waals surface area contributed by atoms with E-state index in [-0.39, 0.29) is 47.4 Å². The van der Waals surface area contributed by atoms with Crippen LogP contribution in [0.2, 0.25) is 0 Å². The van der Waals surface area contributed by atoms with Crippen molar-refractivity contribution >= 4 is 40.5 Å². The summed E-state index contributed by atoms with van der Waals surface area (Å²) >= 11 is 0. The molecule has 1 aromatic heterocycles. The van der Waals surface area contributed by atoms with Crippen LogP contribution in [-0.4, -0.2) is 71.5 Å². The lowest BCUT2D eigenvalue weighted by Crippen LogP contribution is -2.50. The van der Waals surface area contributed by atoms with Crippen LogP contribution in [0.4, 0.5) is 14.9 Å². The van der Waals surface area contributed by atoms with Crippen LogP contribution in [0, 0.1) is 23.7 Å². The van der Waals surface area contributed by atoms with Crippen LogP contribution in [0.15, 0.2) is 24.3 Å². The Morgan fingerprint density at radius 1 is 0.958 bits per heavy atom. The van der Waals surface area contributed by atoms with Gasteiger partial charge in [0.15, 0.2) is 0 Å². The fraction of sp³-hybridized carbons (Fsp3) is 0.667. The van der Waals surface area contributed by atoms with Crippen LogP contribution >= 0.6 is 0 Å². The standard InChI is InChI=1S/C36H51FN4O7/c1-21(2)46-36(45)48-22(3)47-35(44)31-20-26-19-27(13-14-30(26)40-31)39-33(42)32-28(23-7-5-4-6-8-23)16-18-41(32)34(43)25-11-9-24(10-12-25)29(38)15-17-37/h13-14,19-25,28-29,32,40H,4-12,15-18,38H2,1-3H3,(H,39,42)/t22?,24-,25-,28-,29+,32-/m0/s1. The average Bonchev–Trinajstić information content (AvgIpc) is 3.70. The molecule has 4 N–H and O–H groups in total. The Morgan fingerprint density at radius 2 is 1.69 bits per heavy atom. The number of halogens is 1. The number of hydrogen-bond donors (Lipinski definition) is 3. The van der Waals surface area contributed by atoms with E-state index in [1.165, 1.54) is 13.3 Å². The molecule has 2 aliphatic carbocycles.